The van der Waals surface area contributed by atoms with E-state index in [4.69, 9.17) is 11.6 Å². The third-order valence-corrected chi connectivity index (χ3v) is 4.25. The highest BCUT2D eigenvalue weighted by molar-refractivity contribution is 9.10. The molecule has 2 aromatic carbocycles. The Balaban J connectivity index is 2.30. The van der Waals surface area contributed by atoms with E-state index in [1.807, 2.05) is 18.2 Å². The predicted molar refractivity (Wildman–Crippen MR) is 85.7 cm³/mol. The van der Waals surface area contributed by atoms with Crippen LogP contribution in [0, 0.1) is 5.82 Å². The van der Waals surface area contributed by atoms with Crippen LogP contribution in [0.2, 0.25) is 5.02 Å². The van der Waals surface area contributed by atoms with Gasteiger partial charge in [0.2, 0.25) is 0 Å². The summed E-state index contributed by atoms with van der Waals surface area (Å²) in [6, 6.07) is 12.6. The molecule has 106 valence electrons. The highest BCUT2D eigenvalue weighted by atomic mass is 79.9. The average Bonchev–Trinajstić information content (AvgIpc) is 2.43. The van der Waals surface area contributed by atoms with Gasteiger partial charge in [-0.25, -0.2) is 4.39 Å². The first-order valence-electron chi connectivity index (χ1n) is 6.53. The summed E-state index contributed by atoms with van der Waals surface area (Å²) in [5.74, 6) is -0.258. The second-order valence-electron chi connectivity index (χ2n) is 4.57. The van der Waals surface area contributed by atoms with Crippen molar-refractivity contribution in [3.05, 3.63) is 68.9 Å². The fourth-order valence-corrected chi connectivity index (χ4v) is 2.97. The smallest absolute Gasteiger partial charge is 0.123 e. The van der Waals surface area contributed by atoms with Gasteiger partial charge in [-0.15, -0.1) is 0 Å². The summed E-state index contributed by atoms with van der Waals surface area (Å²) in [7, 11) is 0. The molecule has 20 heavy (non-hydrogen) atoms. The van der Waals surface area contributed by atoms with Crippen molar-refractivity contribution in [2.75, 3.05) is 6.54 Å². The molecule has 0 aliphatic heterocycles. The largest absolute Gasteiger partial charge is 0.310 e. The van der Waals surface area contributed by atoms with Crippen LogP contribution in [-0.4, -0.2) is 6.54 Å². The van der Waals surface area contributed by atoms with Crippen LogP contribution in [0.15, 0.2) is 46.9 Å². The monoisotopic (exact) mass is 355 g/mol. The number of rotatable bonds is 5. The van der Waals surface area contributed by atoms with E-state index in [0.717, 1.165) is 22.1 Å². The Bertz CT molecular complexity index is 588. The minimum atomic E-state index is -0.258. The maximum Gasteiger partial charge on any atom is 0.123 e. The van der Waals surface area contributed by atoms with E-state index in [1.54, 1.807) is 6.07 Å². The molecule has 1 nitrogen and oxygen atoms in total. The predicted octanol–water partition coefficient (Wildman–Crippen LogP) is 5.13. The molecule has 0 bridgehead atoms. The molecular weight excluding hydrogens is 341 g/mol. The van der Waals surface area contributed by atoms with Crippen LogP contribution in [0.25, 0.3) is 0 Å². The molecule has 2 aromatic rings. The van der Waals surface area contributed by atoms with Crippen molar-refractivity contribution in [1.82, 2.24) is 5.32 Å². The summed E-state index contributed by atoms with van der Waals surface area (Å²) in [5, 5.41) is 4.02. The molecule has 0 amide bonds. The van der Waals surface area contributed by atoms with Crippen molar-refractivity contribution >= 4 is 27.5 Å². The lowest BCUT2D eigenvalue weighted by molar-refractivity contribution is 0.545. The highest BCUT2D eigenvalue weighted by Crippen LogP contribution is 2.28. The molecule has 0 heterocycles. The first-order valence-corrected chi connectivity index (χ1v) is 7.70. The maximum absolute atomic E-state index is 13.4. The van der Waals surface area contributed by atoms with E-state index in [-0.39, 0.29) is 11.9 Å². The average molecular weight is 357 g/mol. The second-order valence-corrected chi connectivity index (χ2v) is 5.83. The molecule has 0 saturated carbocycles. The topological polar surface area (TPSA) is 12.0 Å². The maximum atomic E-state index is 13.4. The zero-order chi connectivity index (χ0) is 14.5. The molecule has 0 aromatic heterocycles. The Hall–Kier alpha value is -0.900. The Morgan fingerprint density at radius 3 is 2.70 bits per heavy atom. The van der Waals surface area contributed by atoms with Gasteiger partial charge in [0.25, 0.3) is 0 Å². The number of likely N-dealkylation sites (N-methyl/N-ethyl adjacent to an activating group) is 1. The van der Waals surface area contributed by atoms with Gasteiger partial charge in [-0.1, -0.05) is 52.7 Å². The second kappa shape index (κ2) is 7.21. The Kier molecular flexibility index (Phi) is 5.58. The van der Waals surface area contributed by atoms with Crippen LogP contribution in [-0.2, 0) is 6.42 Å². The van der Waals surface area contributed by atoms with Gasteiger partial charge in [0.05, 0.1) is 0 Å². The minimum Gasteiger partial charge on any atom is -0.310 e. The van der Waals surface area contributed by atoms with Crippen LogP contribution in [0.3, 0.4) is 0 Å². The number of hydrogen-bond acceptors (Lipinski definition) is 1. The Labute approximate surface area is 132 Å². The van der Waals surface area contributed by atoms with Gasteiger partial charge in [0.1, 0.15) is 5.82 Å². The standard InChI is InChI=1S/C16H16BrClFN/c1-2-20-16(13-5-3-4-6-14(13)17)10-11-9-12(19)7-8-15(11)18/h3-9,16,20H,2,10H2,1H3. The molecule has 1 atom stereocenters. The first-order chi connectivity index (χ1) is 9.61. The summed E-state index contributed by atoms with van der Waals surface area (Å²) in [5.41, 5.74) is 1.96. The van der Waals surface area contributed by atoms with E-state index < -0.39 is 0 Å². The van der Waals surface area contributed by atoms with Crippen LogP contribution in [0.4, 0.5) is 4.39 Å². The first kappa shape index (κ1) is 15.5. The quantitative estimate of drug-likeness (QED) is 0.782. The molecule has 0 aliphatic carbocycles. The zero-order valence-electron chi connectivity index (χ0n) is 11.2. The van der Waals surface area contributed by atoms with Crippen molar-refractivity contribution in [1.29, 1.82) is 0 Å². The third-order valence-electron chi connectivity index (χ3n) is 3.16. The molecule has 0 saturated heterocycles. The van der Waals surface area contributed by atoms with Crippen molar-refractivity contribution in [2.45, 2.75) is 19.4 Å². The summed E-state index contributed by atoms with van der Waals surface area (Å²) < 4.78 is 14.4. The summed E-state index contributed by atoms with van der Waals surface area (Å²) in [4.78, 5) is 0. The minimum absolute atomic E-state index is 0.0925. The van der Waals surface area contributed by atoms with E-state index in [1.165, 1.54) is 12.1 Å². The third kappa shape index (κ3) is 3.81. The van der Waals surface area contributed by atoms with Gasteiger partial charge in [-0.2, -0.15) is 0 Å². The fraction of sp³-hybridized carbons (Fsp3) is 0.250. The molecule has 0 aliphatic rings. The van der Waals surface area contributed by atoms with Crippen molar-refractivity contribution in [2.24, 2.45) is 0 Å². The molecule has 0 fully saturated rings. The lowest BCUT2D eigenvalue weighted by Crippen LogP contribution is -2.23. The lowest BCUT2D eigenvalue weighted by Gasteiger charge is -2.20. The van der Waals surface area contributed by atoms with Crippen molar-refractivity contribution in [3.63, 3.8) is 0 Å². The van der Waals surface area contributed by atoms with Gasteiger partial charge >= 0.3 is 0 Å². The molecule has 0 radical (unpaired) electrons. The van der Waals surface area contributed by atoms with Gasteiger partial charge in [0, 0.05) is 15.5 Å². The number of hydrogen-bond donors (Lipinski definition) is 1. The molecule has 1 N–H and O–H groups in total. The van der Waals surface area contributed by atoms with Gasteiger partial charge in [-0.05, 0) is 48.4 Å². The molecule has 1 unspecified atom stereocenters. The fourth-order valence-electron chi connectivity index (χ4n) is 2.22. The van der Waals surface area contributed by atoms with Crippen molar-refractivity contribution in [3.8, 4) is 0 Å². The van der Waals surface area contributed by atoms with Crippen LogP contribution >= 0.6 is 27.5 Å². The molecular formula is C16H16BrClFN. The lowest BCUT2D eigenvalue weighted by atomic mass is 9.98. The van der Waals surface area contributed by atoms with E-state index >= 15 is 0 Å². The summed E-state index contributed by atoms with van der Waals surface area (Å²) >= 11 is 9.73. The Morgan fingerprint density at radius 1 is 1.25 bits per heavy atom. The zero-order valence-corrected chi connectivity index (χ0v) is 13.5. The van der Waals surface area contributed by atoms with Crippen LogP contribution in [0.1, 0.15) is 24.1 Å². The van der Waals surface area contributed by atoms with Crippen LogP contribution < -0.4 is 5.32 Å². The molecule has 0 spiro atoms. The van der Waals surface area contributed by atoms with Gasteiger partial charge in [0.15, 0.2) is 0 Å². The highest BCUT2D eigenvalue weighted by Gasteiger charge is 2.15. The molecule has 2 rings (SSSR count). The van der Waals surface area contributed by atoms with Gasteiger partial charge < -0.3 is 5.32 Å². The van der Waals surface area contributed by atoms with E-state index in [9.17, 15) is 4.39 Å². The number of benzene rings is 2. The Morgan fingerprint density at radius 2 is 2.00 bits per heavy atom. The van der Waals surface area contributed by atoms with E-state index in [0.29, 0.717) is 11.4 Å². The normalized spacial score (nSPS) is 12.4. The van der Waals surface area contributed by atoms with Crippen molar-refractivity contribution < 1.29 is 4.39 Å². The summed E-state index contributed by atoms with van der Waals surface area (Å²) in [6.07, 6.45) is 0.646. The van der Waals surface area contributed by atoms with Crippen LogP contribution in [0.5, 0.6) is 0 Å². The summed E-state index contributed by atoms with van der Waals surface area (Å²) in [6.45, 7) is 2.88. The van der Waals surface area contributed by atoms with Gasteiger partial charge in [-0.3, -0.25) is 0 Å². The SMILES string of the molecule is CCNC(Cc1cc(F)ccc1Cl)c1ccccc1Br. The number of halogens is 3. The van der Waals surface area contributed by atoms with E-state index in [2.05, 4.69) is 34.2 Å². The number of nitrogens with one attached hydrogen (secondary N) is 1. The molecule has 4 heteroatoms.